The van der Waals surface area contributed by atoms with Crippen LogP contribution >= 0.6 is 0 Å². The van der Waals surface area contributed by atoms with Crippen LogP contribution in [0.15, 0.2) is 71.0 Å². The topological polar surface area (TPSA) is 50.0 Å². The van der Waals surface area contributed by atoms with E-state index in [2.05, 4.69) is 10.3 Å². The monoisotopic (exact) mass is 234 g/mol. The second-order valence-corrected chi connectivity index (χ2v) is 3.88. The highest BCUT2D eigenvalue weighted by Gasteiger charge is 2.21. The summed E-state index contributed by atoms with van der Waals surface area (Å²) in [5.74, 6) is 0.0485. The summed E-state index contributed by atoms with van der Waals surface area (Å²) in [5, 5.41) is 18.2. The van der Waals surface area contributed by atoms with E-state index in [-0.39, 0.29) is 5.84 Å². The van der Waals surface area contributed by atoms with Gasteiger partial charge in [0, 0.05) is 5.56 Å². The highest BCUT2D eigenvalue weighted by Crippen LogP contribution is 2.18. The lowest BCUT2D eigenvalue weighted by Gasteiger charge is -2.05. The summed E-state index contributed by atoms with van der Waals surface area (Å²) in [5.41, 5.74) is 2.11. The third-order valence-electron chi connectivity index (χ3n) is 2.69. The van der Waals surface area contributed by atoms with Crippen LogP contribution in [0.5, 0.6) is 0 Å². The summed E-state index contributed by atoms with van der Waals surface area (Å²) in [6.07, 6.45) is 0. The van der Waals surface area contributed by atoms with Gasteiger partial charge in [-0.2, -0.15) is 4.70 Å². The third-order valence-corrected chi connectivity index (χ3v) is 2.69. The van der Waals surface area contributed by atoms with Gasteiger partial charge in [0.05, 0.1) is 5.69 Å². The average Bonchev–Trinajstić information content (AvgIpc) is 2.83. The number of hydrogen-bond donors (Lipinski definition) is 0. The molecule has 4 heteroatoms. The lowest BCUT2D eigenvalue weighted by Crippen LogP contribution is -2.19. The molecule has 1 heterocycles. The van der Waals surface area contributed by atoms with Crippen LogP contribution in [0.4, 0.5) is 5.69 Å². The molecule has 0 spiro atoms. The Morgan fingerprint density at radius 2 is 1.44 bits per heavy atom. The van der Waals surface area contributed by atoms with E-state index in [0.29, 0.717) is 5.71 Å². The molecule has 1 aliphatic rings. The molecular formula is C14H10N4. The Morgan fingerprint density at radius 1 is 0.833 bits per heavy atom. The molecule has 0 radical (unpaired) electrons. The highest BCUT2D eigenvalue weighted by molar-refractivity contribution is 6.46. The number of hydrogen-bond acceptors (Lipinski definition) is 2. The van der Waals surface area contributed by atoms with Gasteiger partial charge in [0.2, 0.25) is 5.84 Å². The normalized spacial score (nSPS) is 14.3. The van der Waals surface area contributed by atoms with E-state index >= 15 is 0 Å². The molecule has 0 bridgehead atoms. The van der Waals surface area contributed by atoms with Crippen LogP contribution in [0, 0.1) is 0 Å². The molecule has 86 valence electrons. The van der Waals surface area contributed by atoms with Crippen molar-refractivity contribution in [1.82, 2.24) is 0 Å². The van der Waals surface area contributed by atoms with Crippen LogP contribution in [0.25, 0.3) is 5.41 Å². The fourth-order valence-electron chi connectivity index (χ4n) is 1.80. The SMILES string of the molecule is [N-]=C1C(c2ccccc2)=NN=[N+]1c1ccccc1. The zero-order chi connectivity index (χ0) is 12.4. The summed E-state index contributed by atoms with van der Waals surface area (Å²) < 4.78 is 1.42. The van der Waals surface area contributed by atoms with E-state index in [1.54, 1.807) is 0 Å². The molecule has 0 N–H and O–H groups in total. The molecule has 3 rings (SSSR count). The summed E-state index contributed by atoms with van der Waals surface area (Å²) in [6.45, 7) is 0. The van der Waals surface area contributed by atoms with Gasteiger partial charge in [-0.15, -0.1) is 10.5 Å². The first-order valence-electron chi connectivity index (χ1n) is 5.62. The van der Waals surface area contributed by atoms with Crippen molar-refractivity contribution in [2.75, 3.05) is 0 Å². The summed E-state index contributed by atoms with van der Waals surface area (Å²) in [6, 6.07) is 18.9. The van der Waals surface area contributed by atoms with Crippen molar-refractivity contribution in [3.05, 3.63) is 71.6 Å². The molecule has 2 aromatic carbocycles. The molecule has 0 fully saturated rings. The van der Waals surface area contributed by atoms with E-state index in [1.165, 1.54) is 4.70 Å². The molecule has 0 atom stereocenters. The standard InChI is InChI=1S/C14H10N4/c15-14-13(11-7-3-1-4-8-11)16-17-18(14)12-9-5-2-6-10-12/h1-10H. The molecule has 1 aliphatic heterocycles. The van der Waals surface area contributed by atoms with Crippen molar-refractivity contribution >= 4 is 17.2 Å². The maximum atomic E-state index is 10.2. The minimum Gasteiger partial charge on any atom is -0.193 e. The Balaban J connectivity index is 1.93. The fraction of sp³-hybridized carbons (Fsp3) is 0. The van der Waals surface area contributed by atoms with Gasteiger partial charge >= 0.3 is 0 Å². The van der Waals surface area contributed by atoms with Gasteiger partial charge in [-0.3, -0.25) is 0 Å². The number of nitrogens with zero attached hydrogens (tertiary/aromatic N) is 4. The van der Waals surface area contributed by atoms with Crippen molar-refractivity contribution in [1.29, 1.82) is 0 Å². The Labute approximate surface area is 104 Å². The molecule has 0 aromatic heterocycles. The van der Waals surface area contributed by atoms with Crippen molar-refractivity contribution < 1.29 is 4.70 Å². The van der Waals surface area contributed by atoms with Gasteiger partial charge in [-0.25, -0.2) is 0 Å². The van der Waals surface area contributed by atoms with E-state index in [0.717, 1.165) is 11.3 Å². The minimum atomic E-state index is 0.0485. The van der Waals surface area contributed by atoms with Gasteiger partial charge in [-0.05, 0) is 12.1 Å². The maximum Gasteiger partial charge on any atom is 0.206 e. The maximum absolute atomic E-state index is 10.2. The quantitative estimate of drug-likeness (QED) is 0.717. The zero-order valence-corrected chi connectivity index (χ0v) is 9.56. The van der Waals surface area contributed by atoms with Crippen LogP contribution in [0.1, 0.15) is 5.56 Å². The Hall–Kier alpha value is -2.62. The fourth-order valence-corrected chi connectivity index (χ4v) is 1.80. The first-order chi connectivity index (χ1) is 8.86. The smallest absolute Gasteiger partial charge is 0.193 e. The van der Waals surface area contributed by atoms with Gasteiger partial charge in [-0.1, -0.05) is 53.8 Å². The molecule has 18 heavy (non-hydrogen) atoms. The van der Waals surface area contributed by atoms with Crippen LogP contribution in [-0.4, -0.2) is 16.2 Å². The molecule has 0 amide bonds. The van der Waals surface area contributed by atoms with Crippen molar-refractivity contribution in [3.8, 4) is 0 Å². The molecule has 0 aliphatic carbocycles. The number of para-hydroxylation sites is 1. The Morgan fingerprint density at radius 3 is 2.11 bits per heavy atom. The predicted molar refractivity (Wildman–Crippen MR) is 70.1 cm³/mol. The van der Waals surface area contributed by atoms with Gasteiger partial charge in [0.15, 0.2) is 0 Å². The van der Waals surface area contributed by atoms with Gasteiger partial charge < -0.3 is 0 Å². The third kappa shape index (κ3) is 1.73. The lowest BCUT2D eigenvalue weighted by atomic mass is 10.1. The average molecular weight is 234 g/mol. The van der Waals surface area contributed by atoms with Crippen molar-refractivity contribution in [3.63, 3.8) is 0 Å². The Bertz CT molecular complexity index is 585. The zero-order valence-electron chi connectivity index (χ0n) is 9.56. The summed E-state index contributed by atoms with van der Waals surface area (Å²) in [4.78, 5) is 0. The summed E-state index contributed by atoms with van der Waals surface area (Å²) in [7, 11) is 0. The van der Waals surface area contributed by atoms with Crippen LogP contribution < -0.4 is 0 Å². The molecular weight excluding hydrogens is 224 g/mol. The predicted octanol–water partition coefficient (Wildman–Crippen LogP) is 3.17. The largest absolute Gasteiger partial charge is 0.206 e. The van der Waals surface area contributed by atoms with Gasteiger partial charge in [0.1, 0.15) is 5.71 Å². The highest BCUT2D eigenvalue weighted by atomic mass is 15.5. The molecule has 0 saturated carbocycles. The van der Waals surface area contributed by atoms with E-state index in [4.69, 9.17) is 0 Å². The van der Waals surface area contributed by atoms with Crippen LogP contribution in [-0.2, 0) is 0 Å². The second-order valence-electron chi connectivity index (χ2n) is 3.88. The van der Waals surface area contributed by atoms with E-state index < -0.39 is 0 Å². The van der Waals surface area contributed by atoms with Crippen molar-refractivity contribution in [2.45, 2.75) is 0 Å². The first-order valence-corrected chi connectivity index (χ1v) is 5.62. The molecule has 0 unspecified atom stereocenters. The van der Waals surface area contributed by atoms with Crippen molar-refractivity contribution in [2.24, 2.45) is 10.3 Å². The number of benzene rings is 2. The van der Waals surface area contributed by atoms with Crippen LogP contribution in [0.3, 0.4) is 0 Å². The number of amidine groups is 1. The lowest BCUT2D eigenvalue weighted by molar-refractivity contribution is -0.382. The van der Waals surface area contributed by atoms with E-state index in [1.807, 2.05) is 60.7 Å². The Kier molecular flexibility index (Phi) is 2.53. The molecule has 0 saturated heterocycles. The van der Waals surface area contributed by atoms with Crippen LogP contribution in [0.2, 0.25) is 0 Å². The molecule has 2 aromatic rings. The minimum absolute atomic E-state index is 0.0485. The van der Waals surface area contributed by atoms with E-state index in [9.17, 15) is 5.41 Å². The van der Waals surface area contributed by atoms with Gasteiger partial charge in [0.25, 0.3) is 0 Å². The molecule has 4 nitrogen and oxygen atoms in total. The first kappa shape index (κ1) is 10.5. The number of rotatable bonds is 2. The summed E-state index contributed by atoms with van der Waals surface area (Å²) >= 11 is 0. The second kappa shape index (κ2) is 4.33.